The van der Waals surface area contributed by atoms with Gasteiger partial charge in [-0.25, -0.2) is 0 Å². The lowest BCUT2D eigenvalue weighted by atomic mass is 10.2. The Hall–Kier alpha value is -2.74. The number of pyridine rings is 2. The van der Waals surface area contributed by atoms with Crippen LogP contribution < -0.4 is 0 Å². The zero-order chi connectivity index (χ0) is 15.6. The van der Waals surface area contributed by atoms with Crippen LogP contribution in [0.4, 0.5) is 0 Å². The minimum Gasteiger partial charge on any atom is -0.264 e. The van der Waals surface area contributed by atoms with Gasteiger partial charge in [-0.2, -0.15) is 0 Å². The van der Waals surface area contributed by atoms with Gasteiger partial charge in [0, 0.05) is 24.8 Å². The lowest BCUT2D eigenvalue weighted by Crippen LogP contribution is -1.71. The van der Waals surface area contributed by atoms with Crippen molar-refractivity contribution in [2.75, 3.05) is 0 Å². The van der Waals surface area contributed by atoms with Crippen LogP contribution in [-0.4, -0.2) is 9.97 Å². The summed E-state index contributed by atoms with van der Waals surface area (Å²) in [5.41, 5.74) is 0. The Balaban J connectivity index is 0.000000144. The molecule has 0 amide bonds. The number of nitrogens with zero attached hydrogens (tertiary/aromatic N) is 2. The number of rotatable bonds is 0. The maximum Gasteiger partial charge on any atom is 0.0346 e. The van der Waals surface area contributed by atoms with Gasteiger partial charge in [0.05, 0.1) is 0 Å². The van der Waals surface area contributed by atoms with Crippen molar-refractivity contribution in [3.8, 4) is 0 Å². The third kappa shape index (κ3) is 4.13. The summed E-state index contributed by atoms with van der Waals surface area (Å²) in [4.78, 5) is 8.03. The SMILES string of the molecule is CC.c1ccc2cnccc2c1.c1ccc2cnccc2c1. The number of hydrogen-bond donors (Lipinski definition) is 0. The Morgan fingerprint density at radius 2 is 0.864 bits per heavy atom. The Labute approximate surface area is 131 Å². The standard InChI is InChI=1S/2C9H7N.C2H6/c2*1-2-4-9-7-10-6-5-8(9)3-1;1-2/h2*1-7H;1-2H3. The first-order valence-corrected chi connectivity index (χ1v) is 7.51. The molecule has 2 aromatic carbocycles. The Morgan fingerprint density at radius 3 is 1.23 bits per heavy atom. The molecule has 0 atom stereocenters. The first kappa shape index (κ1) is 15.6. The van der Waals surface area contributed by atoms with Crippen LogP contribution in [-0.2, 0) is 0 Å². The van der Waals surface area contributed by atoms with E-state index in [1.54, 1.807) is 0 Å². The van der Waals surface area contributed by atoms with Crippen molar-refractivity contribution >= 4 is 21.5 Å². The summed E-state index contributed by atoms with van der Waals surface area (Å²) >= 11 is 0. The molecule has 0 aliphatic carbocycles. The van der Waals surface area contributed by atoms with Crippen molar-refractivity contribution < 1.29 is 0 Å². The van der Waals surface area contributed by atoms with Crippen LogP contribution in [0.1, 0.15) is 13.8 Å². The van der Waals surface area contributed by atoms with Gasteiger partial charge in [-0.15, -0.1) is 0 Å². The first-order valence-electron chi connectivity index (χ1n) is 7.51. The molecule has 0 saturated heterocycles. The summed E-state index contributed by atoms with van der Waals surface area (Å²) in [6, 6.07) is 20.4. The molecular weight excluding hydrogens is 268 g/mol. The molecular formula is C20H20N2. The lowest BCUT2D eigenvalue weighted by molar-refractivity contribution is 1.36. The minimum absolute atomic E-state index is 1.20. The average molecular weight is 288 g/mol. The van der Waals surface area contributed by atoms with E-state index in [1.807, 2.05) is 75.0 Å². The fraction of sp³-hybridized carbons (Fsp3) is 0.100. The number of aromatic nitrogens is 2. The molecule has 0 aliphatic heterocycles. The second kappa shape index (κ2) is 8.53. The summed E-state index contributed by atoms with van der Waals surface area (Å²) in [7, 11) is 0. The second-order valence-corrected chi connectivity index (χ2v) is 4.45. The molecule has 110 valence electrons. The number of benzene rings is 2. The molecule has 0 N–H and O–H groups in total. The molecule has 0 spiro atoms. The maximum absolute atomic E-state index is 4.01. The Morgan fingerprint density at radius 1 is 0.500 bits per heavy atom. The normalized spacial score (nSPS) is 9.36. The molecule has 4 rings (SSSR count). The van der Waals surface area contributed by atoms with Gasteiger partial charge in [0.1, 0.15) is 0 Å². The lowest BCUT2D eigenvalue weighted by Gasteiger charge is -1.91. The number of hydrogen-bond acceptors (Lipinski definition) is 2. The van der Waals surface area contributed by atoms with Gasteiger partial charge in [0.25, 0.3) is 0 Å². The molecule has 22 heavy (non-hydrogen) atoms. The highest BCUT2D eigenvalue weighted by Crippen LogP contribution is 2.10. The van der Waals surface area contributed by atoms with E-state index in [0.717, 1.165) is 0 Å². The van der Waals surface area contributed by atoms with Gasteiger partial charge in [-0.3, -0.25) is 9.97 Å². The van der Waals surface area contributed by atoms with Crippen LogP contribution in [0.3, 0.4) is 0 Å². The van der Waals surface area contributed by atoms with E-state index < -0.39 is 0 Å². The zero-order valence-electron chi connectivity index (χ0n) is 13.0. The van der Waals surface area contributed by atoms with Gasteiger partial charge < -0.3 is 0 Å². The predicted octanol–water partition coefficient (Wildman–Crippen LogP) is 5.50. The third-order valence-corrected chi connectivity index (χ3v) is 3.10. The largest absolute Gasteiger partial charge is 0.264 e. The zero-order valence-corrected chi connectivity index (χ0v) is 13.0. The molecule has 0 bridgehead atoms. The summed E-state index contributed by atoms with van der Waals surface area (Å²) in [5.74, 6) is 0. The van der Waals surface area contributed by atoms with Crippen molar-refractivity contribution in [2.24, 2.45) is 0 Å². The molecule has 2 heterocycles. The second-order valence-electron chi connectivity index (χ2n) is 4.45. The van der Waals surface area contributed by atoms with E-state index in [9.17, 15) is 0 Å². The van der Waals surface area contributed by atoms with Gasteiger partial charge >= 0.3 is 0 Å². The molecule has 0 saturated carbocycles. The summed E-state index contributed by atoms with van der Waals surface area (Å²) in [6.07, 6.45) is 7.36. The summed E-state index contributed by atoms with van der Waals surface area (Å²) in [6.45, 7) is 4.00. The maximum atomic E-state index is 4.01. The van der Waals surface area contributed by atoms with Crippen molar-refractivity contribution in [2.45, 2.75) is 13.8 Å². The topological polar surface area (TPSA) is 25.8 Å². The summed E-state index contributed by atoms with van der Waals surface area (Å²) < 4.78 is 0. The van der Waals surface area contributed by atoms with Crippen molar-refractivity contribution in [3.63, 3.8) is 0 Å². The first-order chi connectivity index (χ1) is 10.9. The Kier molecular flexibility index (Phi) is 6.06. The minimum atomic E-state index is 1.20. The van der Waals surface area contributed by atoms with Crippen molar-refractivity contribution in [1.82, 2.24) is 9.97 Å². The fourth-order valence-corrected chi connectivity index (χ4v) is 2.05. The van der Waals surface area contributed by atoms with Gasteiger partial charge in [-0.1, -0.05) is 62.4 Å². The van der Waals surface area contributed by atoms with Gasteiger partial charge in [0.2, 0.25) is 0 Å². The van der Waals surface area contributed by atoms with Crippen LogP contribution in [0.15, 0.2) is 85.5 Å². The van der Waals surface area contributed by atoms with E-state index in [4.69, 9.17) is 0 Å². The molecule has 0 unspecified atom stereocenters. The van der Waals surface area contributed by atoms with Crippen molar-refractivity contribution in [3.05, 3.63) is 85.5 Å². The smallest absolute Gasteiger partial charge is 0.0346 e. The predicted molar refractivity (Wildman–Crippen MR) is 94.8 cm³/mol. The quantitative estimate of drug-likeness (QED) is 0.427. The van der Waals surface area contributed by atoms with Gasteiger partial charge in [-0.05, 0) is 33.7 Å². The fourth-order valence-electron chi connectivity index (χ4n) is 2.05. The highest BCUT2D eigenvalue weighted by atomic mass is 14.6. The molecule has 2 nitrogen and oxygen atoms in total. The molecule has 0 aliphatic rings. The monoisotopic (exact) mass is 288 g/mol. The Bertz CT molecular complexity index is 623. The van der Waals surface area contributed by atoms with E-state index in [0.29, 0.717) is 0 Å². The number of fused-ring (bicyclic) bond motifs is 2. The molecule has 0 radical (unpaired) electrons. The molecule has 0 fully saturated rings. The molecule has 2 heteroatoms. The van der Waals surface area contributed by atoms with Gasteiger partial charge in [0.15, 0.2) is 0 Å². The van der Waals surface area contributed by atoms with E-state index in [-0.39, 0.29) is 0 Å². The van der Waals surface area contributed by atoms with Crippen LogP contribution in [0, 0.1) is 0 Å². The van der Waals surface area contributed by atoms with E-state index >= 15 is 0 Å². The molecule has 2 aromatic heterocycles. The average Bonchev–Trinajstić information content (AvgIpc) is 2.64. The highest BCUT2D eigenvalue weighted by molar-refractivity contribution is 5.81. The van der Waals surface area contributed by atoms with E-state index in [1.165, 1.54) is 21.5 Å². The van der Waals surface area contributed by atoms with Crippen LogP contribution >= 0.6 is 0 Å². The van der Waals surface area contributed by atoms with Crippen LogP contribution in [0.5, 0.6) is 0 Å². The summed E-state index contributed by atoms with van der Waals surface area (Å²) in [5, 5.41) is 4.89. The van der Waals surface area contributed by atoms with Crippen molar-refractivity contribution in [1.29, 1.82) is 0 Å². The highest BCUT2D eigenvalue weighted by Gasteiger charge is 1.86. The molecule has 4 aromatic rings. The van der Waals surface area contributed by atoms with Crippen LogP contribution in [0.25, 0.3) is 21.5 Å². The third-order valence-electron chi connectivity index (χ3n) is 3.10. The van der Waals surface area contributed by atoms with E-state index in [2.05, 4.69) is 34.2 Å². The van der Waals surface area contributed by atoms with Crippen LogP contribution in [0.2, 0.25) is 0 Å².